The van der Waals surface area contributed by atoms with Crippen LogP contribution in [0.5, 0.6) is 11.5 Å². The molecule has 1 aliphatic heterocycles. The van der Waals surface area contributed by atoms with Crippen LogP contribution in [0.3, 0.4) is 0 Å². The average Bonchev–Trinajstić information content (AvgIpc) is 3.68. The van der Waals surface area contributed by atoms with E-state index in [2.05, 4.69) is 37.6 Å². The Hall–Kier alpha value is -4.84. The first-order chi connectivity index (χ1) is 22.0. The monoisotopic (exact) mass is 620 g/mol. The predicted octanol–water partition coefficient (Wildman–Crippen LogP) is 6.42. The smallest absolute Gasteiger partial charge is 0.300 e. The van der Waals surface area contributed by atoms with Crippen molar-refractivity contribution in [2.45, 2.75) is 32.4 Å². The van der Waals surface area contributed by atoms with Gasteiger partial charge in [-0.3, -0.25) is 19.7 Å². The number of oxazole rings is 1. The molecule has 0 unspecified atom stereocenters. The van der Waals surface area contributed by atoms with Crippen LogP contribution >= 0.6 is 11.3 Å². The van der Waals surface area contributed by atoms with Crippen LogP contribution in [0, 0.1) is 6.92 Å². The summed E-state index contributed by atoms with van der Waals surface area (Å²) in [5, 5.41) is 15.0. The number of likely N-dealkylation sites (tertiary alicyclic amines) is 1. The third kappa shape index (κ3) is 6.65. The number of aromatic nitrogens is 3. The molecule has 0 atom stereocenters. The normalized spacial score (nSPS) is 14.2. The molecule has 2 aromatic carbocycles. The van der Waals surface area contributed by atoms with Crippen LogP contribution in [0.4, 0.5) is 11.7 Å². The van der Waals surface area contributed by atoms with E-state index in [1.54, 1.807) is 17.5 Å². The lowest BCUT2D eigenvalue weighted by atomic mass is 10.0. The van der Waals surface area contributed by atoms with E-state index < -0.39 is 6.61 Å². The fourth-order valence-electron chi connectivity index (χ4n) is 5.46. The minimum absolute atomic E-state index is 0.126. The van der Waals surface area contributed by atoms with E-state index in [1.807, 2.05) is 67.7 Å². The van der Waals surface area contributed by atoms with Gasteiger partial charge in [-0.25, -0.2) is 0 Å². The van der Waals surface area contributed by atoms with E-state index in [0.717, 1.165) is 64.5 Å². The Morgan fingerprint density at radius 2 is 1.89 bits per heavy atom. The van der Waals surface area contributed by atoms with E-state index in [-0.39, 0.29) is 11.9 Å². The second-order valence-corrected chi connectivity index (χ2v) is 12.3. The molecule has 11 heteroatoms. The summed E-state index contributed by atoms with van der Waals surface area (Å²) in [4.78, 5) is 28.8. The van der Waals surface area contributed by atoms with Gasteiger partial charge in [-0.1, -0.05) is 23.8 Å². The largest absolute Gasteiger partial charge is 0.456 e. The Balaban J connectivity index is 1.02. The molecule has 3 N–H and O–H groups in total. The van der Waals surface area contributed by atoms with Crippen LogP contribution in [0.2, 0.25) is 0 Å². The number of hydrogen-bond donors (Lipinski definition) is 3. The molecular formula is C34H32N6O4S. The molecule has 1 amide bonds. The first-order valence-corrected chi connectivity index (χ1v) is 15.7. The summed E-state index contributed by atoms with van der Waals surface area (Å²) in [5.74, 6) is 1.06. The Morgan fingerprint density at radius 3 is 2.67 bits per heavy atom. The number of hydrogen-bond acceptors (Lipinski definition) is 10. The van der Waals surface area contributed by atoms with Crippen molar-refractivity contribution >= 4 is 50.3 Å². The van der Waals surface area contributed by atoms with Crippen LogP contribution < -0.4 is 15.4 Å². The molecule has 0 bridgehead atoms. The van der Waals surface area contributed by atoms with E-state index in [0.29, 0.717) is 28.6 Å². The van der Waals surface area contributed by atoms with Crippen molar-refractivity contribution in [1.82, 2.24) is 25.2 Å². The number of carbonyl (C=O) groups is 1. The third-order valence-electron chi connectivity index (χ3n) is 7.85. The summed E-state index contributed by atoms with van der Waals surface area (Å²) in [6, 6.07) is 22.3. The lowest BCUT2D eigenvalue weighted by Crippen LogP contribution is -2.45. The highest BCUT2D eigenvalue weighted by molar-refractivity contribution is 7.22. The summed E-state index contributed by atoms with van der Waals surface area (Å²) in [7, 11) is 0. The lowest BCUT2D eigenvalue weighted by molar-refractivity contribution is -0.124. The summed E-state index contributed by atoms with van der Waals surface area (Å²) >= 11 is 1.60. The number of amides is 1. The molecule has 10 nitrogen and oxygen atoms in total. The van der Waals surface area contributed by atoms with E-state index >= 15 is 0 Å². The average molecular weight is 621 g/mol. The number of thiophene rings is 1. The Morgan fingerprint density at radius 1 is 1.04 bits per heavy atom. The molecule has 45 heavy (non-hydrogen) atoms. The number of nitrogens with zero attached hydrogens (tertiary/aromatic N) is 4. The van der Waals surface area contributed by atoms with Crippen molar-refractivity contribution in [2.75, 3.05) is 25.0 Å². The molecule has 1 aliphatic rings. The zero-order valence-electron chi connectivity index (χ0n) is 24.7. The van der Waals surface area contributed by atoms with E-state index in [9.17, 15) is 4.79 Å². The van der Waals surface area contributed by atoms with Gasteiger partial charge in [-0.2, -0.15) is 4.98 Å². The number of fused-ring (bicyclic) bond motifs is 2. The number of piperidine rings is 1. The number of aryl methyl sites for hydroxylation is 1. The molecule has 0 spiro atoms. The van der Waals surface area contributed by atoms with E-state index in [4.69, 9.17) is 19.2 Å². The highest BCUT2D eigenvalue weighted by Crippen LogP contribution is 2.39. The summed E-state index contributed by atoms with van der Waals surface area (Å²) < 4.78 is 13.2. The van der Waals surface area contributed by atoms with Crippen molar-refractivity contribution < 1.29 is 19.1 Å². The summed E-state index contributed by atoms with van der Waals surface area (Å²) in [6.45, 7) is 4.17. The van der Waals surface area contributed by atoms with Crippen LogP contribution in [-0.2, 0) is 11.3 Å². The van der Waals surface area contributed by atoms with Gasteiger partial charge < -0.3 is 24.9 Å². The Labute approximate surface area is 263 Å². The van der Waals surface area contributed by atoms with Gasteiger partial charge >= 0.3 is 0 Å². The van der Waals surface area contributed by atoms with Crippen LogP contribution in [0.25, 0.3) is 31.9 Å². The van der Waals surface area contributed by atoms with Crippen LogP contribution in [-0.4, -0.2) is 56.6 Å². The van der Waals surface area contributed by atoms with Crippen molar-refractivity contribution in [3.05, 3.63) is 90.3 Å². The molecule has 6 aromatic rings. The maximum absolute atomic E-state index is 11.5. The molecule has 1 saturated heterocycles. The fourth-order valence-corrected chi connectivity index (χ4v) is 6.51. The van der Waals surface area contributed by atoms with Crippen molar-refractivity contribution in [1.29, 1.82) is 0 Å². The second kappa shape index (κ2) is 12.6. The van der Waals surface area contributed by atoms with Gasteiger partial charge in [-0.05, 0) is 61.7 Å². The number of anilines is 2. The van der Waals surface area contributed by atoms with Crippen molar-refractivity contribution in [3.63, 3.8) is 0 Å². The highest BCUT2D eigenvalue weighted by Gasteiger charge is 2.21. The summed E-state index contributed by atoms with van der Waals surface area (Å²) in [6.07, 6.45) is 5.42. The summed E-state index contributed by atoms with van der Waals surface area (Å²) in [5.41, 5.74) is 6.33. The van der Waals surface area contributed by atoms with Crippen LogP contribution in [0.15, 0.2) is 83.5 Å². The number of pyridine rings is 2. The van der Waals surface area contributed by atoms with Gasteiger partial charge in [0, 0.05) is 55.9 Å². The number of aliphatic hydroxyl groups excluding tert-OH is 1. The van der Waals surface area contributed by atoms with E-state index in [1.165, 1.54) is 5.56 Å². The maximum Gasteiger partial charge on any atom is 0.300 e. The number of rotatable bonds is 9. The second-order valence-electron chi connectivity index (χ2n) is 11.2. The van der Waals surface area contributed by atoms with Gasteiger partial charge in [0.05, 0.1) is 20.8 Å². The molecule has 0 radical (unpaired) electrons. The molecule has 4 aromatic heterocycles. The van der Waals surface area contributed by atoms with Crippen molar-refractivity contribution in [3.8, 4) is 22.1 Å². The van der Waals surface area contributed by atoms with Gasteiger partial charge in [0.2, 0.25) is 5.91 Å². The zero-order chi connectivity index (χ0) is 30.8. The first kappa shape index (κ1) is 28.9. The molecular weight excluding hydrogens is 588 g/mol. The predicted molar refractivity (Wildman–Crippen MR) is 175 cm³/mol. The number of aliphatic hydroxyl groups is 1. The topological polar surface area (TPSA) is 126 Å². The maximum atomic E-state index is 11.5. The minimum atomic E-state index is -0.461. The van der Waals surface area contributed by atoms with Gasteiger partial charge in [0.25, 0.3) is 6.01 Å². The fraction of sp³-hybridized carbons (Fsp3) is 0.235. The Bertz CT molecular complexity index is 1950. The van der Waals surface area contributed by atoms with Crippen LogP contribution in [0.1, 0.15) is 24.0 Å². The zero-order valence-corrected chi connectivity index (χ0v) is 25.5. The van der Waals surface area contributed by atoms with Gasteiger partial charge in [-0.15, -0.1) is 11.3 Å². The number of ether oxygens (including phenoxy) is 1. The molecule has 7 rings (SSSR count). The standard InChI is InChI=1S/C34H32N6O4S/c1-21-2-5-23(6-3-21)38-34-39-27-16-25(7-9-29(27)44-34)43-30-10-13-35-28-17-31(45-33(28)30)26-8-4-22(18-36-26)19-40-14-11-24(12-15-40)37-32(42)20-41/h2-10,13,16-18,24,41H,11-12,14-15,19-20H2,1H3,(H,37,42)(H,38,39). The molecule has 0 aliphatic carbocycles. The number of nitrogens with one attached hydrogen (secondary N) is 2. The molecule has 0 saturated carbocycles. The highest BCUT2D eigenvalue weighted by atomic mass is 32.1. The quantitative estimate of drug-likeness (QED) is 0.168. The van der Waals surface area contributed by atoms with Gasteiger partial charge in [0.1, 0.15) is 23.6 Å². The molecule has 228 valence electrons. The minimum Gasteiger partial charge on any atom is -0.456 e. The van der Waals surface area contributed by atoms with Gasteiger partial charge in [0.15, 0.2) is 5.58 Å². The SMILES string of the molecule is Cc1ccc(Nc2nc3cc(Oc4ccnc5cc(-c6ccc(CN7CCC(NC(=O)CO)CC7)cn6)sc45)ccc3o2)cc1. The Kier molecular flexibility index (Phi) is 8.12. The van der Waals surface area contributed by atoms with Crippen molar-refractivity contribution in [2.24, 2.45) is 0 Å². The first-order valence-electron chi connectivity index (χ1n) is 14.9. The number of benzene rings is 2. The third-order valence-corrected chi connectivity index (χ3v) is 9.01. The molecule has 1 fully saturated rings. The lowest BCUT2D eigenvalue weighted by Gasteiger charge is -2.32. The number of carbonyl (C=O) groups excluding carboxylic acids is 1. The molecule has 5 heterocycles.